The summed E-state index contributed by atoms with van der Waals surface area (Å²) >= 11 is 3.54. The van der Waals surface area contributed by atoms with E-state index >= 15 is 0 Å². The molecule has 0 spiro atoms. The van der Waals surface area contributed by atoms with E-state index in [0.29, 0.717) is 8.81 Å². The summed E-state index contributed by atoms with van der Waals surface area (Å²) in [7, 11) is 0.482. The van der Waals surface area contributed by atoms with Crippen LogP contribution in [0.4, 0.5) is 0 Å². The molecule has 0 aliphatic heterocycles. The van der Waals surface area contributed by atoms with Crippen LogP contribution >= 0.6 is 24.7 Å². The van der Waals surface area contributed by atoms with Gasteiger partial charge in [-0.2, -0.15) is 0 Å². The molecular formula is C11H10BrOPV. The van der Waals surface area contributed by atoms with Gasteiger partial charge in [-0.25, -0.2) is 0 Å². The molecular weight excluding hydrogens is 310 g/mol. The molecule has 2 rings (SSSR count). The number of hydrogen-bond donors (Lipinski definition) is 0. The standard InChI is InChI=1S/C11H10BrOP.V/c1-14-13-9-6-8-4-2-3-5-10(8)11(12)7-9;/h2-7,14H,1H3;. The van der Waals surface area contributed by atoms with Gasteiger partial charge in [-0.05, 0) is 29.6 Å². The molecule has 0 aromatic heterocycles. The fourth-order valence-electron chi connectivity index (χ4n) is 1.41. The summed E-state index contributed by atoms with van der Waals surface area (Å²) in [6.07, 6.45) is 0. The molecule has 1 atom stereocenters. The molecule has 4 heteroatoms. The molecule has 0 saturated carbocycles. The van der Waals surface area contributed by atoms with Gasteiger partial charge in [-0.15, -0.1) is 0 Å². The molecule has 0 bridgehead atoms. The molecule has 0 heterocycles. The van der Waals surface area contributed by atoms with E-state index in [1.807, 2.05) is 24.9 Å². The monoisotopic (exact) mass is 319 g/mol. The first-order valence-electron chi connectivity index (χ1n) is 4.33. The normalized spacial score (nSPS) is 10.5. The van der Waals surface area contributed by atoms with E-state index in [1.54, 1.807) is 0 Å². The SMILES string of the molecule is CPOc1cc(Br)c2ccccc2c1.[V]. The number of rotatable bonds is 2. The van der Waals surface area contributed by atoms with E-state index in [4.69, 9.17) is 4.52 Å². The number of fused-ring (bicyclic) bond motifs is 1. The van der Waals surface area contributed by atoms with Crippen LogP contribution in [0.15, 0.2) is 40.9 Å². The van der Waals surface area contributed by atoms with Crippen molar-refractivity contribution in [2.24, 2.45) is 0 Å². The Morgan fingerprint density at radius 1 is 1.20 bits per heavy atom. The third-order valence-corrected chi connectivity index (χ3v) is 3.10. The zero-order valence-corrected chi connectivity index (χ0v) is 12.2. The van der Waals surface area contributed by atoms with Gasteiger partial charge in [0.1, 0.15) is 5.75 Å². The summed E-state index contributed by atoms with van der Waals surface area (Å²) in [5.74, 6) is 0.927. The quantitative estimate of drug-likeness (QED) is 0.754. The van der Waals surface area contributed by atoms with Crippen LogP contribution in [0.5, 0.6) is 5.75 Å². The largest absolute Gasteiger partial charge is 0.477 e. The molecule has 0 fully saturated rings. The van der Waals surface area contributed by atoms with Crippen LogP contribution in [0.1, 0.15) is 0 Å². The van der Waals surface area contributed by atoms with Crippen LogP contribution < -0.4 is 4.52 Å². The fraction of sp³-hybridized carbons (Fsp3) is 0.0909. The summed E-state index contributed by atoms with van der Waals surface area (Å²) in [5.41, 5.74) is 0. The summed E-state index contributed by atoms with van der Waals surface area (Å²) in [6.45, 7) is 2.02. The minimum atomic E-state index is 0. The predicted molar refractivity (Wildman–Crippen MR) is 66.5 cm³/mol. The first-order chi connectivity index (χ1) is 6.81. The van der Waals surface area contributed by atoms with Crippen molar-refractivity contribution in [3.05, 3.63) is 40.9 Å². The van der Waals surface area contributed by atoms with Gasteiger partial charge in [0.2, 0.25) is 0 Å². The second kappa shape index (κ2) is 5.91. The summed E-state index contributed by atoms with van der Waals surface area (Å²) < 4.78 is 6.58. The van der Waals surface area contributed by atoms with Gasteiger partial charge in [0.15, 0.2) is 0 Å². The van der Waals surface area contributed by atoms with Gasteiger partial charge < -0.3 is 4.52 Å². The Hall–Kier alpha value is -0.00558. The molecule has 0 aliphatic carbocycles. The predicted octanol–water partition coefficient (Wildman–Crippen LogP) is 4.20. The van der Waals surface area contributed by atoms with Crippen molar-refractivity contribution in [1.82, 2.24) is 0 Å². The Kier molecular flexibility index (Phi) is 5.15. The van der Waals surface area contributed by atoms with Crippen molar-refractivity contribution in [3.63, 3.8) is 0 Å². The Morgan fingerprint density at radius 2 is 1.93 bits per heavy atom. The van der Waals surface area contributed by atoms with Crippen molar-refractivity contribution in [3.8, 4) is 5.75 Å². The van der Waals surface area contributed by atoms with E-state index in [2.05, 4.69) is 34.1 Å². The minimum Gasteiger partial charge on any atom is -0.477 e. The van der Waals surface area contributed by atoms with E-state index in [-0.39, 0.29) is 18.6 Å². The third-order valence-electron chi connectivity index (χ3n) is 2.00. The van der Waals surface area contributed by atoms with Crippen LogP contribution in [-0.2, 0) is 18.6 Å². The third kappa shape index (κ3) is 2.98. The molecule has 77 valence electrons. The van der Waals surface area contributed by atoms with E-state index in [0.717, 1.165) is 10.2 Å². The van der Waals surface area contributed by atoms with Gasteiger partial charge in [0, 0.05) is 23.0 Å². The molecule has 1 unspecified atom stereocenters. The minimum absolute atomic E-state index is 0. The molecule has 15 heavy (non-hydrogen) atoms. The zero-order chi connectivity index (χ0) is 9.97. The van der Waals surface area contributed by atoms with Crippen LogP contribution in [-0.4, -0.2) is 6.66 Å². The Morgan fingerprint density at radius 3 is 2.67 bits per heavy atom. The van der Waals surface area contributed by atoms with Crippen molar-refractivity contribution in [1.29, 1.82) is 0 Å². The zero-order valence-electron chi connectivity index (χ0n) is 8.20. The maximum Gasteiger partial charge on any atom is 0.124 e. The van der Waals surface area contributed by atoms with Crippen LogP contribution in [0.2, 0.25) is 0 Å². The maximum absolute atomic E-state index is 5.49. The second-order valence-electron chi connectivity index (χ2n) is 2.93. The van der Waals surface area contributed by atoms with Gasteiger partial charge in [0.25, 0.3) is 0 Å². The average Bonchev–Trinajstić information content (AvgIpc) is 2.18. The van der Waals surface area contributed by atoms with Crippen molar-refractivity contribution >= 4 is 35.5 Å². The average molecular weight is 320 g/mol. The molecule has 0 amide bonds. The molecule has 0 aliphatic rings. The van der Waals surface area contributed by atoms with Crippen molar-refractivity contribution in [2.45, 2.75) is 0 Å². The van der Waals surface area contributed by atoms with Gasteiger partial charge in [-0.3, -0.25) is 0 Å². The fourth-order valence-corrected chi connectivity index (χ4v) is 2.35. The van der Waals surface area contributed by atoms with E-state index < -0.39 is 0 Å². The summed E-state index contributed by atoms with van der Waals surface area (Å²) in [6, 6.07) is 12.3. The Balaban J connectivity index is 0.00000112. The molecule has 0 N–H and O–H groups in total. The van der Waals surface area contributed by atoms with Gasteiger partial charge in [-0.1, -0.05) is 40.2 Å². The van der Waals surface area contributed by atoms with Crippen molar-refractivity contribution < 1.29 is 23.1 Å². The Bertz CT molecular complexity index is 461. The Labute approximate surface area is 111 Å². The number of benzene rings is 2. The molecule has 1 nitrogen and oxygen atoms in total. The molecule has 1 radical (unpaired) electrons. The van der Waals surface area contributed by atoms with Crippen LogP contribution in [0.3, 0.4) is 0 Å². The van der Waals surface area contributed by atoms with Gasteiger partial charge in [0.05, 0.1) is 8.81 Å². The number of halogens is 1. The first kappa shape index (κ1) is 13.1. The smallest absolute Gasteiger partial charge is 0.124 e. The van der Waals surface area contributed by atoms with E-state index in [9.17, 15) is 0 Å². The maximum atomic E-state index is 5.49. The summed E-state index contributed by atoms with van der Waals surface area (Å²) in [5, 5.41) is 2.43. The summed E-state index contributed by atoms with van der Waals surface area (Å²) in [4.78, 5) is 0. The number of hydrogen-bond acceptors (Lipinski definition) is 1. The van der Waals surface area contributed by atoms with Crippen LogP contribution in [0.25, 0.3) is 10.8 Å². The topological polar surface area (TPSA) is 9.23 Å². The van der Waals surface area contributed by atoms with E-state index in [1.165, 1.54) is 10.8 Å². The molecule has 2 aromatic carbocycles. The molecule has 0 saturated heterocycles. The van der Waals surface area contributed by atoms with Crippen molar-refractivity contribution in [2.75, 3.05) is 6.66 Å². The second-order valence-corrected chi connectivity index (χ2v) is 4.40. The van der Waals surface area contributed by atoms with Gasteiger partial charge >= 0.3 is 0 Å². The first-order valence-corrected chi connectivity index (χ1v) is 6.53. The molecule has 2 aromatic rings. The van der Waals surface area contributed by atoms with Crippen LogP contribution in [0, 0.1) is 0 Å².